The third-order valence-corrected chi connectivity index (χ3v) is 1.65. The predicted octanol–water partition coefficient (Wildman–Crippen LogP) is -1.22. The monoisotopic (exact) mass is 146 g/mol. The van der Waals surface area contributed by atoms with Crippen LogP contribution in [0.2, 0.25) is 0 Å². The van der Waals surface area contributed by atoms with Crippen LogP contribution in [0.1, 0.15) is 6.42 Å². The van der Waals surface area contributed by atoms with E-state index in [9.17, 15) is 4.79 Å². The molecule has 0 saturated carbocycles. The SMILES string of the molecule is O=C(O)CC1(NO)CNC1. The first-order chi connectivity index (χ1) is 4.68. The van der Waals surface area contributed by atoms with E-state index in [1.807, 2.05) is 5.48 Å². The second-order valence-corrected chi connectivity index (χ2v) is 2.57. The summed E-state index contributed by atoms with van der Waals surface area (Å²) in [5.41, 5.74) is 1.38. The molecule has 0 aromatic rings. The number of nitrogens with one attached hydrogen (secondary N) is 2. The molecule has 0 aliphatic carbocycles. The standard InChI is InChI=1S/C5H10N2O3/c8-4(9)1-5(7-10)2-6-3-5/h6-7,10H,1-3H2,(H,8,9). The Hall–Kier alpha value is -0.650. The highest BCUT2D eigenvalue weighted by molar-refractivity contribution is 5.68. The Kier molecular flexibility index (Phi) is 1.89. The third kappa shape index (κ3) is 1.26. The van der Waals surface area contributed by atoms with Crippen LogP contribution in [-0.2, 0) is 4.79 Å². The Bertz CT molecular complexity index is 138. The maximum Gasteiger partial charge on any atom is 0.305 e. The van der Waals surface area contributed by atoms with E-state index in [2.05, 4.69) is 5.32 Å². The predicted molar refractivity (Wildman–Crippen MR) is 32.8 cm³/mol. The van der Waals surface area contributed by atoms with Crippen molar-refractivity contribution in [1.29, 1.82) is 0 Å². The Morgan fingerprint density at radius 2 is 2.30 bits per heavy atom. The number of aliphatic carboxylic acids is 1. The van der Waals surface area contributed by atoms with Crippen molar-refractivity contribution in [3.8, 4) is 0 Å². The fraction of sp³-hybridized carbons (Fsp3) is 0.800. The van der Waals surface area contributed by atoms with Crippen molar-refractivity contribution in [2.75, 3.05) is 13.1 Å². The quantitative estimate of drug-likeness (QED) is 0.375. The van der Waals surface area contributed by atoms with Crippen molar-refractivity contribution in [3.63, 3.8) is 0 Å². The molecule has 1 saturated heterocycles. The molecule has 0 atom stereocenters. The lowest BCUT2D eigenvalue weighted by molar-refractivity contribution is -0.141. The summed E-state index contributed by atoms with van der Waals surface area (Å²) in [7, 11) is 0. The van der Waals surface area contributed by atoms with Crippen LogP contribution in [0.25, 0.3) is 0 Å². The average molecular weight is 146 g/mol. The normalized spacial score (nSPS) is 21.7. The first-order valence-electron chi connectivity index (χ1n) is 3.02. The number of hydrogen-bond acceptors (Lipinski definition) is 4. The molecule has 0 radical (unpaired) electrons. The van der Waals surface area contributed by atoms with Crippen molar-refractivity contribution in [2.24, 2.45) is 0 Å². The second-order valence-electron chi connectivity index (χ2n) is 2.57. The lowest BCUT2D eigenvalue weighted by atomic mass is 9.90. The van der Waals surface area contributed by atoms with Gasteiger partial charge < -0.3 is 15.6 Å². The Morgan fingerprint density at radius 1 is 1.70 bits per heavy atom. The third-order valence-electron chi connectivity index (χ3n) is 1.65. The second kappa shape index (κ2) is 2.53. The molecule has 0 aromatic heterocycles. The van der Waals surface area contributed by atoms with Gasteiger partial charge in [0.1, 0.15) is 0 Å². The van der Waals surface area contributed by atoms with Gasteiger partial charge in [0, 0.05) is 13.1 Å². The summed E-state index contributed by atoms with van der Waals surface area (Å²) in [4.78, 5) is 10.2. The Labute approximate surface area is 58.0 Å². The molecule has 0 amide bonds. The molecule has 4 N–H and O–H groups in total. The minimum Gasteiger partial charge on any atom is -0.481 e. The molecule has 0 bridgehead atoms. The summed E-state index contributed by atoms with van der Waals surface area (Å²) < 4.78 is 0. The largest absolute Gasteiger partial charge is 0.481 e. The van der Waals surface area contributed by atoms with Gasteiger partial charge in [-0.2, -0.15) is 5.48 Å². The minimum absolute atomic E-state index is 0.0451. The van der Waals surface area contributed by atoms with Crippen LogP contribution in [-0.4, -0.2) is 34.9 Å². The van der Waals surface area contributed by atoms with E-state index in [1.54, 1.807) is 0 Å². The van der Waals surface area contributed by atoms with Gasteiger partial charge in [-0.15, -0.1) is 0 Å². The van der Waals surface area contributed by atoms with Crippen molar-refractivity contribution in [2.45, 2.75) is 12.0 Å². The molecule has 5 heteroatoms. The number of carboxylic acids is 1. The van der Waals surface area contributed by atoms with Gasteiger partial charge in [0.25, 0.3) is 0 Å². The highest BCUT2D eigenvalue weighted by atomic mass is 16.5. The Balaban J connectivity index is 2.40. The summed E-state index contributed by atoms with van der Waals surface area (Å²) in [5.74, 6) is -0.900. The van der Waals surface area contributed by atoms with E-state index >= 15 is 0 Å². The summed E-state index contributed by atoms with van der Waals surface area (Å²) in [6.45, 7) is 1.02. The lowest BCUT2D eigenvalue weighted by Crippen LogP contribution is -2.67. The van der Waals surface area contributed by atoms with Crippen molar-refractivity contribution in [1.82, 2.24) is 10.8 Å². The zero-order valence-electron chi connectivity index (χ0n) is 5.42. The molecule has 1 aliphatic heterocycles. The van der Waals surface area contributed by atoms with Crippen LogP contribution in [0.4, 0.5) is 0 Å². The van der Waals surface area contributed by atoms with Gasteiger partial charge in [0.15, 0.2) is 0 Å². The van der Waals surface area contributed by atoms with Gasteiger partial charge in [0.2, 0.25) is 0 Å². The molecule has 58 valence electrons. The molecule has 1 fully saturated rings. The van der Waals surface area contributed by atoms with Gasteiger partial charge in [-0.1, -0.05) is 0 Å². The molecular formula is C5H10N2O3. The minimum atomic E-state index is -0.900. The van der Waals surface area contributed by atoms with E-state index in [-0.39, 0.29) is 6.42 Å². The van der Waals surface area contributed by atoms with Crippen LogP contribution < -0.4 is 10.8 Å². The summed E-state index contributed by atoms with van der Waals surface area (Å²) in [6, 6.07) is 0. The number of rotatable bonds is 3. The molecule has 5 nitrogen and oxygen atoms in total. The maximum atomic E-state index is 10.2. The maximum absolute atomic E-state index is 10.2. The van der Waals surface area contributed by atoms with Crippen LogP contribution in [0.15, 0.2) is 0 Å². The fourth-order valence-electron chi connectivity index (χ4n) is 0.960. The first kappa shape index (κ1) is 7.46. The zero-order chi connectivity index (χ0) is 7.61. The van der Waals surface area contributed by atoms with E-state index < -0.39 is 11.5 Å². The molecule has 1 aliphatic rings. The summed E-state index contributed by atoms with van der Waals surface area (Å²) in [6.07, 6.45) is -0.0451. The molecule has 0 unspecified atom stereocenters. The van der Waals surface area contributed by atoms with Gasteiger partial charge in [-0.05, 0) is 0 Å². The van der Waals surface area contributed by atoms with E-state index in [4.69, 9.17) is 10.3 Å². The van der Waals surface area contributed by atoms with Crippen molar-refractivity contribution < 1.29 is 15.1 Å². The van der Waals surface area contributed by atoms with Crippen molar-refractivity contribution >= 4 is 5.97 Å². The molecule has 0 spiro atoms. The Morgan fingerprint density at radius 3 is 2.40 bits per heavy atom. The number of hydrogen-bond donors (Lipinski definition) is 4. The van der Waals surface area contributed by atoms with Gasteiger partial charge in [0.05, 0.1) is 12.0 Å². The molecule has 0 aromatic carbocycles. The van der Waals surface area contributed by atoms with Gasteiger partial charge in [-0.25, -0.2) is 0 Å². The highest BCUT2D eigenvalue weighted by Gasteiger charge is 2.38. The smallest absolute Gasteiger partial charge is 0.305 e. The van der Waals surface area contributed by atoms with Crippen LogP contribution >= 0.6 is 0 Å². The van der Waals surface area contributed by atoms with E-state index in [1.165, 1.54) is 0 Å². The average Bonchev–Trinajstić information content (AvgIpc) is 1.78. The highest BCUT2D eigenvalue weighted by Crippen LogP contribution is 2.14. The number of carboxylic acid groups (broad SMARTS) is 1. The molecule has 10 heavy (non-hydrogen) atoms. The number of carbonyl (C=O) groups is 1. The van der Waals surface area contributed by atoms with Crippen LogP contribution in [0.5, 0.6) is 0 Å². The molecule has 1 rings (SSSR count). The molecule has 1 heterocycles. The summed E-state index contributed by atoms with van der Waals surface area (Å²) in [5, 5.41) is 19.8. The van der Waals surface area contributed by atoms with Gasteiger partial charge in [-0.3, -0.25) is 4.79 Å². The number of hydroxylamine groups is 1. The fourth-order valence-corrected chi connectivity index (χ4v) is 0.960. The van der Waals surface area contributed by atoms with Gasteiger partial charge >= 0.3 is 5.97 Å². The first-order valence-corrected chi connectivity index (χ1v) is 3.02. The van der Waals surface area contributed by atoms with E-state index in [0.29, 0.717) is 13.1 Å². The van der Waals surface area contributed by atoms with Crippen LogP contribution in [0.3, 0.4) is 0 Å². The molecular weight excluding hydrogens is 136 g/mol. The topological polar surface area (TPSA) is 81.6 Å². The lowest BCUT2D eigenvalue weighted by Gasteiger charge is -2.39. The van der Waals surface area contributed by atoms with Crippen LogP contribution in [0, 0.1) is 0 Å². The van der Waals surface area contributed by atoms with Crippen molar-refractivity contribution in [3.05, 3.63) is 0 Å². The zero-order valence-corrected chi connectivity index (χ0v) is 5.42. The summed E-state index contributed by atoms with van der Waals surface area (Å²) >= 11 is 0. The van der Waals surface area contributed by atoms with E-state index in [0.717, 1.165) is 0 Å².